The number of ketones is 2. The molecule has 4 N–H and O–H groups in total. The van der Waals surface area contributed by atoms with Crippen LogP contribution in [-0.4, -0.2) is 84.1 Å². The van der Waals surface area contributed by atoms with E-state index in [1.165, 1.54) is 12.1 Å². The molecule has 10 heteroatoms. The third kappa shape index (κ3) is 6.27. The Balaban J connectivity index is 1.13. The summed E-state index contributed by atoms with van der Waals surface area (Å²) in [7, 11) is 0. The lowest BCUT2D eigenvalue weighted by Gasteiger charge is -2.36. The van der Waals surface area contributed by atoms with E-state index in [1.54, 1.807) is 12.1 Å². The number of hydrogen-bond donors (Lipinski definition) is 4. The van der Waals surface area contributed by atoms with Crippen molar-refractivity contribution >= 4 is 22.9 Å². The van der Waals surface area contributed by atoms with Gasteiger partial charge < -0.3 is 30.3 Å². The fourth-order valence-corrected chi connectivity index (χ4v) is 7.01. The highest BCUT2D eigenvalue weighted by Gasteiger charge is 2.38. The zero-order valence-corrected chi connectivity index (χ0v) is 26.7. The van der Waals surface area contributed by atoms with E-state index in [1.807, 2.05) is 36.4 Å². The molecule has 3 aliphatic rings. The molecule has 2 atom stereocenters. The fraction of sp³-hybridized carbons (Fsp3) is 0.316. The predicted molar refractivity (Wildman–Crippen MR) is 183 cm³/mol. The average Bonchev–Trinajstić information content (AvgIpc) is 3.13. The molecule has 4 aromatic rings. The molecule has 0 bridgehead atoms. The molecular formula is C38H40N4O6. The summed E-state index contributed by atoms with van der Waals surface area (Å²) in [6, 6.07) is 26.3. The lowest BCUT2D eigenvalue weighted by molar-refractivity contribution is -0.0965. The fourth-order valence-electron chi connectivity index (χ4n) is 7.01. The van der Waals surface area contributed by atoms with Crippen molar-refractivity contribution in [1.29, 1.82) is 0 Å². The Labute approximate surface area is 279 Å². The highest BCUT2D eigenvalue weighted by atomic mass is 16.5. The molecule has 0 aromatic heterocycles. The van der Waals surface area contributed by atoms with Crippen molar-refractivity contribution in [3.63, 3.8) is 0 Å². The molecule has 48 heavy (non-hydrogen) atoms. The zero-order chi connectivity index (χ0) is 33.0. The Morgan fingerprint density at radius 1 is 0.583 bits per heavy atom. The molecule has 2 fully saturated rings. The standard InChI is InChI=1S/C38H40N4O6/c43-29-15-16-30(44)34-33(29)35(45)31-27(39-17-21-41-19-7-23-47-37(41)25-9-3-1-4-10-25)13-14-28(32(31)36(34)46)40-18-22-42-20-8-24-48-38(42)26-11-5-2-6-12-26/h1-6,9-16,37-40,43-44H,7-8,17-24H2. The molecule has 0 amide bonds. The molecule has 0 saturated carbocycles. The number of benzene rings is 4. The summed E-state index contributed by atoms with van der Waals surface area (Å²) in [6.07, 6.45) is 1.51. The van der Waals surface area contributed by atoms with E-state index in [0.29, 0.717) is 50.8 Å². The van der Waals surface area contributed by atoms with E-state index in [4.69, 9.17) is 9.47 Å². The average molecular weight is 649 g/mol. The SMILES string of the molecule is O=C1c2c(O)ccc(O)c2C(=O)c2c(NCCN3CCCOC3c3ccccc3)ccc(NCCN3CCCOC3c3ccccc3)c21. The molecule has 2 aliphatic heterocycles. The number of aromatic hydroxyl groups is 2. The van der Waals surface area contributed by atoms with Gasteiger partial charge in [-0.1, -0.05) is 60.7 Å². The number of anilines is 2. The summed E-state index contributed by atoms with van der Waals surface area (Å²) in [5, 5.41) is 28.2. The van der Waals surface area contributed by atoms with E-state index in [-0.39, 0.29) is 46.2 Å². The minimum absolute atomic E-state index is 0.163. The van der Waals surface area contributed by atoms with Crippen LogP contribution in [0, 0.1) is 0 Å². The molecule has 7 rings (SSSR count). The van der Waals surface area contributed by atoms with Gasteiger partial charge in [-0.2, -0.15) is 0 Å². The van der Waals surface area contributed by atoms with Crippen molar-refractivity contribution < 1.29 is 29.3 Å². The first-order valence-corrected chi connectivity index (χ1v) is 16.6. The van der Waals surface area contributed by atoms with Gasteiger partial charge in [-0.25, -0.2) is 0 Å². The highest BCUT2D eigenvalue weighted by molar-refractivity contribution is 6.33. The maximum Gasteiger partial charge on any atom is 0.200 e. The third-order valence-corrected chi connectivity index (χ3v) is 9.27. The molecule has 0 spiro atoms. The topological polar surface area (TPSA) is 124 Å². The van der Waals surface area contributed by atoms with E-state index >= 15 is 0 Å². The minimum Gasteiger partial charge on any atom is -0.507 e. The van der Waals surface area contributed by atoms with Gasteiger partial charge in [-0.15, -0.1) is 0 Å². The number of phenols is 2. The number of fused-ring (bicyclic) bond motifs is 2. The Morgan fingerprint density at radius 3 is 1.42 bits per heavy atom. The van der Waals surface area contributed by atoms with E-state index in [9.17, 15) is 19.8 Å². The highest BCUT2D eigenvalue weighted by Crippen LogP contribution is 2.42. The van der Waals surface area contributed by atoms with Crippen LogP contribution in [0.2, 0.25) is 0 Å². The molecular weight excluding hydrogens is 608 g/mol. The van der Waals surface area contributed by atoms with Gasteiger partial charge >= 0.3 is 0 Å². The van der Waals surface area contributed by atoms with Crippen LogP contribution < -0.4 is 10.6 Å². The number of ether oxygens (including phenoxy) is 2. The summed E-state index contributed by atoms with van der Waals surface area (Å²) in [4.78, 5) is 32.7. The number of phenolic OH excluding ortho intramolecular Hbond substituents is 2. The van der Waals surface area contributed by atoms with E-state index in [0.717, 1.165) is 37.1 Å². The lowest BCUT2D eigenvalue weighted by Crippen LogP contribution is -2.39. The molecule has 0 radical (unpaired) electrons. The first-order valence-electron chi connectivity index (χ1n) is 16.6. The van der Waals surface area contributed by atoms with Gasteiger partial charge in [0.2, 0.25) is 11.6 Å². The van der Waals surface area contributed by atoms with Crippen LogP contribution in [0.25, 0.3) is 0 Å². The Bertz CT molecular complexity index is 1650. The summed E-state index contributed by atoms with van der Waals surface area (Å²) in [5.74, 6) is -1.72. The Kier molecular flexibility index (Phi) is 9.40. The zero-order valence-electron chi connectivity index (χ0n) is 26.7. The van der Waals surface area contributed by atoms with Gasteiger partial charge in [0.15, 0.2) is 0 Å². The van der Waals surface area contributed by atoms with Crippen molar-refractivity contribution in [3.05, 3.63) is 118 Å². The minimum atomic E-state index is -0.517. The van der Waals surface area contributed by atoms with Crippen LogP contribution in [0.4, 0.5) is 11.4 Å². The van der Waals surface area contributed by atoms with Crippen molar-refractivity contribution in [3.8, 4) is 11.5 Å². The predicted octanol–water partition coefficient (Wildman–Crippen LogP) is 5.54. The maximum absolute atomic E-state index is 14.1. The summed E-state index contributed by atoms with van der Waals surface area (Å²) >= 11 is 0. The maximum atomic E-state index is 14.1. The second-order valence-corrected chi connectivity index (χ2v) is 12.3. The molecule has 1 aliphatic carbocycles. The smallest absolute Gasteiger partial charge is 0.200 e. The van der Waals surface area contributed by atoms with Crippen LogP contribution in [0.3, 0.4) is 0 Å². The largest absolute Gasteiger partial charge is 0.507 e. The molecule has 10 nitrogen and oxygen atoms in total. The van der Waals surface area contributed by atoms with Crippen LogP contribution in [0.1, 0.15) is 68.3 Å². The normalized spacial score (nSPS) is 19.8. The van der Waals surface area contributed by atoms with Crippen molar-refractivity contribution in [2.24, 2.45) is 0 Å². The first kappa shape index (κ1) is 31.8. The van der Waals surface area contributed by atoms with Gasteiger partial charge in [-0.05, 0) is 48.2 Å². The van der Waals surface area contributed by atoms with Crippen LogP contribution in [0.5, 0.6) is 11.5 Å². The Hall–Kier alpha value is -4.74. The molecule has 248 valence electrons. The molecule has 2 saturated heterocycles. The Morgan fingerprint density at radius 2 is 1.00 bits per heavy atom. The lowest BCUT2D eigenvalue weighted by atomic mass is 9.81. The van der Waals surface area contributed by atoms with Crippen LogP contribution in [-0.2, 0) is 9.47 Å². The van der Waals surface area contributed by atoms with Crippen LogP contribution in [0.15, 0.2) is 84.9 Å². The number of rotatable bonds is 10. The van der Waals surface area contributed by atoms with E-state index < -0.39 is 11.6 Å². The summed E-state index contributed by atoms with van der Waals surface area (Å²) in [6.45, 7) is 5.37. The van der Waals surface area contributed by atoms with Crippen molar-refractivity contribution in [1.82, 2.24) is 9.80 Å². The quantitative estimate of drug-likeness (QED) is 0.144. The second-order valence-electron chi connectivity index (χ2n) is 12.3. The van der Waals surface area contributed by atoms with Crippen molar-refractivity contribution in [2.45, 2.75) is 25.3 Å². The molecule has 4 aromatic carbocycles. The number of carbonyl (C=O) groups is 2. The number of hydrogen-bond acceptors (Lipinski definition) is 10. The van der Waals surface area contributed by atoms with Gasteiger partial charge in [0.25, 0.3) is 0 Å². The third-order valence-electron chi connectivity index (χ3n) is 9.27. The first-order chi connectivity index (χ1) is 23.5. The van der Waals surface area contributed by atoms with Gasteiger partial charge in [0.1, 0.15) is 24.0 Å². The van der Waals surface area contributed by atoms with Gasteiger partial charge in [0.05, 0.1) is 35.5 Å². The summed E-state index contributed by atoms with van der Waals surface area (Å²) in [5.41, 5.74) is 3.14. The van der Waals surface area contributed by atoms with Crippen molar-refractivity contribution in [2.75, 3.05) is 63.1 Å². The molecule has 2 unspecified atom stereocenters. The summed E-state index contributed by atoms with van der Waals surface area (Å²) < 4.78 is 12.2. The van der Waals surface area contributed by atoms with Gasteiger partial charge in [0, 0.05) is 50.6 Å². The number of carbonyl (C=O) groups excluding carboxylic acids is 2. The number of nitrogens with one attached hydrogen (secondary N) is 2. The van der Waals surface area contributed by atoms with Crippen LogP contribution >= 0.6 is 0 Å². The second kappa shape index (κ2) is 14.2. The monoisotopic (exact) mass is 648 g/mol. The molecule has 2 heterocycles. The number of nitrogens with zero attached hydrogens (tertiary/aromatic N) is 2. The van der Waals surface area contributed by atoms with Gasteiger partial charge in [-0.3, -0.25) is 19.4 Å². The van der Waals surface area contributed by atoms with E-state index in [2.05, 4.69) is 44.7 Å².